The minimum atomic E-state index is 0.778. The number of pyridine rings is 1. The third-order valence-corrected chi connectivity index (χ3v) is 5.79. The van der Waals surface area contributed by atoms with Crippen molar-refractivity contribution in [3.63, 3.8) is 0 Å². The lowest BCUT2D eigenvalue weighted by Gasteiger charge is -2.01. The highest BCUT2D eigenvalue weighted by molar-refractivity contribution is 8.00. The molecule has 0 fully saturated rings. The van der Waals surface area contributed by atoms with Crippen LogP contribution in [-0.2, 0) is 5.75 Å². The molecular formula is C18H17N5S2. The Morgan fingerprint density at radius 1 is 1.12 bits per heavy atom. The van der Waals surface area contributed by atoms with Crippen molar-refractivity contribution in [1.82, 2.24) is 19.6 Å². The van der Waals surface area contributed by atoms with Gasteiger partial charge in [0.25, 0.3) is 0 Å². The van der Waals surface area contributed by atoms with Crippen LogP contribution in [0.25, 0.3) is 5.65 Å². The number of nitrogens with zero attached hydrogens (tertiary/aromatic N) is 4. The first kappa shape index (κ1) is 16.1. The molecule has 0 spiro atoms. The van der Waals surface area contributed by atoms with E-state index in [4.69, 9.17) is 4.98 Å². The zero-order chi connectivity index (χ0) is 17.2. The van der Waals surface area contributed by atoms with Gasteiger partial charge in [-0.25, -0.2) is 4.98 Å². The first-order valence-corrected chi connectivity index (χ1v) is 9.71. The van der Waals surface area contributed by atoms with Crippen LogP contribution in [0.3, 0.4) is 0 Å². The fraction of sp³-hybridized carbons (Fsp3) is 0.167. The Labute approximate surface area is 154 Å². The summed E-state index contributed by atoms with van der Waals surface area (Å²) in [4.78, 5) is 4.69. The molecule has 1 N–H and O–H groups in total. The van der Waals surface area contributed by atoms with Crippen LogP contribution in [0.2, 0.25) is 0 Å². The summed E-state index contributed by atoms with van der Waals surface area (Å²) in [5.41, 5.74) is 5.50. The number of anilines is 2. The number of imidazole rings is 1. The SMILES string of the molecule is Cc1ccc(Nc2nnc(SCc3cn4cccc(C)c4n3)s2)cc1. The second-order valence-electron chi connectivity index (χ2n) is 5.81. The lowest BCUT2D eigenvalue weighted by atomic mass is 10.2. The van der Waals surface area contributed by atoms with Crippen LogP contribution in [0, 0.1) is 13.8 Å². The average molecular weight is 368 g/mol. The lowest BCUT2D eigenvalue weighted by Crippen LogP contribution is -1.88. The van der Waals surface area contributed by atoms with Crippen LogP contribution in [0.5, 0.6) is 0 Å². The Kier molecular flexibility index (Phi) is 4.42. The smallest absolute Gasteiger partial charge is 0.210 e. The normalized spacial score (nSPS) is 11.1. The van der Waals surface area contributed by atoms with Crippen LogP contribution < -0.4 is 5.32 Å². The predicted octanol–water partition coefficient (Wildman–Crippen LogP) is 4.84. The van der Waals surface area contributed by atoms with Crippen molar-refractivity contribution in [3.8, 4) is 0 Å². The molecule has 0 amide bonds. The van der Waals surface area contributed by atoms with Crippen molar-refractivity contribution in [3.05, 3.63) is 65.6 Å². The molecule has 3 aromatic heterocycles. The second-order valence-corrected chi connectivity index (χ2v) is 8.01. The molecule has 0 radical (unpaired) electrons. The Morgan fingerprint density at radius 2 is 1.96 bits per heavy atom. The minimum absolute atomic E-state index is 0.778. The summed E-state index contributed by atoms with van der Waals surface area (Å²) >= 11 is 3.21. The third-order valence-electron chi connectivity index (χ3n) is 3.78. The Bertz CT molecular complexity index is 1000. The lowest BCUT2D eigenvalue weighted by molar-refractivity contribution is 1.01. The van der Waals surface area contributed by atoms with Gasteiger partial charge in [0.15, 0.2) is 4.34 Å². The average Bonchev–Trinajstić information content (AvgIpc) is 3.22. The van der Waals surface area contributed by atoms with Gasteiger partial charge in [-0.15, -0.1) is 10.2 Å². The van der Waals surface area contributed by atoms with E-state index in [0.717, 1.165) is 32.3 Å². The van der Waals surface area contributed by atoms with Gasteiger partial charge in [0.2, 0.25) is 5.13 Å². The number of fused-ring (bicyclic) bond motifs is 1. The molecule has 0 unspecified atom stereocenters. The molecule has 0 atom stereocenters. The highest BCUT2D eigenvalue weighted by Crippen LogP contribution is 2.30. The van der Waals surface area contributed by atoms with E-state index in [9.17, 15) is 0 Å². The summed E-state index contributed by atoms with van der Waals surface area (Å²) < 4.78 is 3.00. The van der Waals surface area contributed by atoms with Crippen molar-refractivity contribution in [2.24, 2.45) is 0 Å². The summed E-state index contributed by atoms with van der Waals surface area (Å²) in [6, 6.07) is 12.3. The Hall–Kier alpha value is -2.38. The Balaban J connectivity index is 1.42. The van der Waals surface area contributed by atoms with Gasteiger partial charge in [0.05, 0.1) is 5.69 Å². The van der Waals surface area contributed by atoms with E-state index in [0.29, 0.717) is 0 Å². The molecule has 0 bridgehead atoms. The van der Waals surface area contributed by atoms with Gasteiger partial charge in [-0.2, -0.15) is 0 Å². The van der Waals surface area contributed by atoms with Gasteiger partial charge < -0.3 is 9.72 Å². The van der Waals surface area contributed by atoms with Crippen LogP contribution in [0.4, 0.5) is 10.8 Å². The first-order valence-electron chi connectivity index (χ1n) is 7.90. The van der Waals surface area contributed by atoms with E-state index in [-0.39, 0.29) is 0 Å². The molecule has 0 aliphatic rings. The number of thioether (sulfide) groups is 1. The zero-order valence-electron chi connectivity index (χ0n) is 13.9. The van der Waals surface area contributed by atoms with Crippen LogP contribution in [0.15, 0.2) is 53.1 Å². The van der Waals surface area contributed by atoms with E-state index in [1.54, 1.807) is 23.1 Å². The van der Waals surface area contributed by atoms with Crippen LogP contribution >= 0.6 is 23.1 Å². The van der Waals surface area contributed by atoms with Crippen LogP contribution in [0.1, 0.15) is 16.8 Å². The Morgan fingerprint density at radius 3 is 2.76 bits per heavy atom. The molecule has 25 heavy (non-hydrogen) atoms. The van der Waals surface area contributed by atoms with Gasteiger partial charge in [0, 0.05) is 23.8 Å². The number of aromatic nitrogens is 4. The summed E-state index contributed by atoms with van der Waals surface area (Å²) in [5, 5.41) is 12.6. The summed E-state index contributed by atoms with van der Waals surface area (Å²) in [7, 11) is 0. The maximum Gasteiger partial charge on any atom is 0.210 e. The number of hydrogen-bond donors (Lipinski definition) is 1. The van der Waals surface area contributed by atoms with Gasteiger partial charge in [-0.1, -0.05) is 46.9 Å². The van der Waals surface area contributed by atoms with Crippen molar-refractivity contribution < 1.29 is 0 Å². The topological polar surface area (TPSA) is 55.1 Å². The monoisotopic (exact) mass is 367 g/mol. The van der Waals surface area contributed by atoms with E-state index < -0.39 is 0 Å². The number of aryl methyl sites for hydroxylation is 2. The molecule has 0 aliphatic heterocycles. The van der Waals surface area contributed by atoms with Gasteiger partial charge in [-0.3, -0.25) is 0 Å². The third kappa shape index (κ3) is 3.67. The van der Waals surface area contributed by atoms with E-state index in [1.807, 2.05) is 24.4 Å². The highest BCUT2D eigenvalue weighted by atomic mass is 32.2. The number of rotatable bonds is 5. The fourth-order valence-electron chi connectivity index (χ4n) is 2.49. The predicted molar refractivity (Wildman–Crippen MR) is 104 cm³/mol. The maximum absolute atomic E-state index is 4.69. The van der Waals surface area contributed by atoms with Crippen molar-refractivity contribution in [1.29, 1.82) is 0 Å². The van der Waals surface area contributed by atoms with Crippen molar-refractivity contribution in [2.75, 3.05) is 5.32 Å². The molecular weight excluding hydrogens is 350 g/mol. The molecule has 126 valence electrons. The first-order chi connectivity index (χ1) is 12.2. The number of benzene rings is 1. The minimum Gasteiger partial charge on any atom is -0.330 e. The van der Waals surface area contributed by atoms with E-state index in [1.165, 1.54) is 11.1 Å². The maximum atomic E-state index is 4.69. The second kappa shape index (κ2) is 6.85. The number of hydrogen-bond acceptors (Lipinski definition) is 6. The number of nitrogens with one attached hydrogen (secondary N) is 1. The molecule has 0 saturated heterocycles. The fourth-order valence-corrected chi connectivity index (χ4v) is 4.14. The molecule has 1 aromatic carbocycles. The largest absolute Gasteiger partial charge is 0.330 e. The summed E-state index contributed by atoms with van der Waals surface area (Å²) in [6.45, 7) is 4.15. The molecule has 0 saturated carbocycles. The zero-order valence-corrected chi connectivity index (χ0v) is 15.6. The molecule has 3 heterocycles. The van der Waals surface area contributed by atoms with E-state index in [2.05, 4.69) is 58.2 Å². The standard InChI is InChI=1S/C18H17N5S2/c1-12-5-7-14(8-6-12)20-17-21-22-18(25-17)24-11-15-10-23-9-3-4-13(2)16(23)19-15/h3-10H,11H2,1-2H3,(H,20,21). The van der Waals surface area contributed by atoms with Gasteiger partial charge >= 0.3 is 0 Å². The van der Waals surface area contributed by atoms with Gasteiger partial charge in [0.1, 0.15) is 5.65 Å². The molecule has 4 rings (SSSR count). The quantitative estimate of drug-likeness (QED) is 0.512. The summed E-state index contributed by atoms with van der Waals surface area (Å²) in [6.07, 6.45) is 4.10. The van der Waals surface area contributed by atoms with Gasteiger partial charge in [-0.05, 0) is 37.6 Å². The highest BCUT2D eigenvalue weighted by Gasteiger charge is 2.08. The molecule has 5 nitrogen and oxygen atoms in total. The summed E-state index contributed by atoms with van der Waals surface area (Å²) in [5.74, 6) is 0.778. The molecule has 4 aromatic rings. The molecule has 0 aliphatic carbocycles. The van der Waals surface area contributed by atoms with E-state index >= 15 is 0 Å². The van der Waals surface area contributed by atoms with Crippen molar-refractivity contribution >= 4 is 39.6 Å². The molecule has 7 heteroatoms. The van der Waals surface area contributed by atoms with Crippen LogP contribution in [-0.4, -0.2) is 19.6 Å². The van der Waals surface area contributed by atoms with Crippen molar-refractivity contribution in [2.45, 2.75) is 23.9 Å².